The number of Topliss-reactive ketones (excluding diaryl/α,β-unsaturated/α-hetero) is 1. The number of halogens is 1. The molecule has 2 aliphatic carbocycles. The molecule has 0 radical (unpaired) electrons. The summed E-state index contributed by atoms with van der Waals surface area (Å²) in [4.78, 5) is 35.6. The van der Waals surface area contributed by atoms with Gasteiger partial charge in [-0.1, -0.05) is 22.9 Å². The van der Waals surface area contributed by atoms with E-state index < -0.39 is 5.41 Å². The first-order chi connectivity index (χ1) is 10.4. The van der Waals surface area contributed by atoms with Crippen molar-refractivity contribution >= 4 is 33.7 Å². The zero-order chi connectivity index (χ0) is 17.6. The number of fused-ring (bicyclic) bond motifs is 1. The first-order valence-electron chi connectivity index (χ1n) is 8.00. The molecule has 0 bridgehead atoms. The first kappa shape index (κ1) is 18.4. The minimum atomic E-state index is -0.594. The Labute approximate surface area is 145 Å². The highest BCUT2D eigenvalue weighted by Gasteiger charge is 2.59. The van der Waals surface area contributed by atoms with Gasteiger partial charge in [-0.2, -0.15) is 0 Å². The molecule has 0 aliphatic heterocycles. The highest BCUT2D eigenvalue weighted by Crippen LogP contribution is 2.54. The van der Waals surface area contributed by atoms with Gasteiger partial charge in [-0.3, -0.25) is 14.4 Å². The normalized spacial score (nSPS) is 37.2. The SMILES string of the molecule is CC(=O)O[C@H]1C[C@H](OC(=O)C(C)(C)C)[C@@]2(C)CC(Br)C(=O)C[C@H]12. The monoisotopic (exact) mass is 388 g/mol. The number of rotatable bonds is 2. The van der Waals surface area contributed by atoms with Crippen LogP contribution in [-0.2, 0) is 23.9 Å². The summed E-state index contributed by atoms with van der Waals surface area (Å²) in [5.74, 6) is -0.625. The third-order valence-electron chi connectivity index (χ3n) is 5.05. The number of ether oxygens (including phenoxy) is 2. The first-order valence-corrected chi connectivity index (χ1v) is 8.92. The molecule has 2 rings (SSSR count). The zero-order valence-electron chi connectivity index (χ0n) is 14.3. The van der Waals surface area contributed by atoms with Crippen LogP contribution in [0.3, 0.4) is 0 Å². The van der Waals surface area contributed by atoms with Gasteiger partial charge in [-0.15, -0.1) is 0 Å². The van der Waals surface area contributed by atoms with E-state index in [0.29, 0.717) is 19.3 Å². The van der Waals surface area contributed by atoms with Crippen LogP contribution >= 0.6 is 15.9 Å². The van der Waals surface area contributed by atoms with Gasteiger partial charge in [0, 0.05) is 31.1 Å². The second-order valence-electron chi connectivity index (χ2n) is 7.98. The van der Waals surface area contributed by atoms with Crippen LogP contribution in [0.4, 0.5) is 0 Å². The van der Waals surface area contributed by atoms with Crippen molar-refractivity contribution in [2.24, 2.45) is 16.7 Å². The van der Waals surface area contributed by atoms with Gasteiger partial charge >= 0.3 is 11.9 Å². The molecule has 130 valence electrons. The van der Waals surface area contributed by atoms with Crippen molar-refractivity contribution in [1.82, 2.24) is 0 Å². The molecule has 0 saturated heterocycles. The Morgan fingerprint density at radius 2 is 1.87 bits per heavy atom. The van der Waals surface area contributed by atoms with Crippen molar-refractivity contribution in [3.8, 4) is 0 Å². The number of alkyl halides is 1. The van der Waals surface area contributed by atoms with E-state index in [1.807, 2.05) is 27.7 Å². The fraction of sp³-hybridized carbons (Fsp3) is 0.824. The van der Waals surface area contributed by atoms with Crippen molar-refractivity contribution in [1.29, 1.82) is 0 Å². The van der Waals surface area contributed by atoms with E-state index in [4.69, 9.17) is 9.47 Å². The van der Waals surface area contributed by atoms with Crippen LogP contribution in [0, 0.1) is 16.7 Å². The highest BCUT2D eigenvalue weighted by molar-refractivity contribution is 9.10. The Morgan fingerprint density at radius 3 is 2.39 bits per heavy atom. The number of esters is 2. The molecule has 2 aliphatic rings. The second kappa shape index (κ2) is 6.19. The average molecular weight is 389 g/mol. The van der Waals surface area contributed by atoms with Gasteiger partial charge in [0.25, 0.3) is 0 Å². The number of carbonyl (C=O) groups excluding carboxylic acids is 3. The fourth-order valence-corrected chi connectivity index (χ4v) is 4.52. The third-order valence-corrected chi connectivity index (χ3v) is 5.88. The molecule has 0 aromatic carbocycles. The smallest absolute Gasteiger partial charge is 0.311 e. The van der Waals surface area contributed by atoms with Gasteiger partial charge in [0.05, 0.1) is 10.2 Å². The summed E-state index contributed by atoms with van der Waals surface area (Å²) in [6.07, 6.45) is 0.649. The molecular formula is C17H25BrO5. The van der Waals surface area contributed by atoms with Crippen LogP contribution < -0.4 is 0 Å². The van der Waals surface area contributed by atoms with Crippen LogP contribution in [0.2, 0.25) is 0 Å². The van der Waals surface area contributed by atoms with E-state index >= 15 is 0 Å². The van der Waals surface area contributed by atoms with Gasteiger partial charge in [-0.05, 0) is 27.2 Å². The van der Waals surface area contributed by atoms with Crippen LogP contribution in [0.15, 0.2) is 0 Å². The van der Waals surface area contributed by atoms with Gasteiger partial charge in [0.1, 0.15) is 18.0 Å². The molecule has 0 N–H and O–H groups in total. The summed E-state index contributed by atoms with van der Waals surface area (Å²) in [7, 11) is 0. The summed E-state index contributed by atoms with van der Waals surface area (Å²) in [6, 6.07) is 0. The molecule has 0 aromatic heterocycles. The summed E-state index contributed by atoms with van der Waals surface area (Å²) in [5.41, 5.74) is -0.966. The van der Waals surface area contributed by atoms with Crippen molar-refractivity contribution in [2.45, 2.75) is 70.9 Å². The Morgan fingerprint density at radius 1 is 1.26 bits per heavy atom. The lowest BCUT2D eigenvalue weighted by molar-refractivity contribution is -0.165. The standard InChI is InChI=1S/C17H25BrO5/c1-9(19)22-13-7-14(23-15(21)16(2,3)4)17(5)8-11(18)12(20)6-10(13)17/h10-11,13-14H,6-8H2,1-5H3/t10-,11?,13+,14+,17+/m1/s1. The van der Waals surface area contributed by atoms with Crippen molar-refractivity contribution in [3.63, 3.8) is 0 Å². The maximum Gasteiger partial charge on any atom is 0.311 e. The highest BCUT2D eigenvalue weighted by atomic mass is 79.9. The van der Waals surface area contributed by atoms with Gasteiger partial charge in [-0.25, -0.2) is 0 Å². The Hall–Kier alpha value is -0.910. The molecule has 0 aromatic rings. The van der Waals surface area contributed by atoms with Crippen LogP contribution in [0.1, 0.15) is 53.9 Å². The predicted molar refractivity (Wildman–Crippen MR) is 88.1 cm³/mol. The molecular weight excluding hydrogens is 364 g/mol. The predicted octanol–water partition coefficient (Wildman–Crippen LogP) is 3.03. The fourth-order valence-electron chi connectivity index (χ4n) is 3.63. The van der Waals surface area contributed by atoms with E-state index in [1.54, 1.807) is 0 Å². The van der Waals surface area contributed by atoms with Crippen LogP contribution in [0.25, 0.3) is 0 Å². The van der Waals surface area contributed by atoms with Crippen molar-refractivity contribution in [2.75, 3.05) is 0 Å². The Balaban J connectivity index is 2.27. The molecule has 0 spiro atoms. The molecule has 23 heavy (non-hydrogen) atoms. The van der Waals surface area contributed by atoms with E-state index in [1.165, 1.54) is 6.92 Å². The molecule has 2 saturated carbocycles. The number of carbonyl (C=O) groups is 3. The second-order valence-corrected chi connectivity index (χ2v) is 9.09. The van der Waals surface area contributed by atoms with Crippen LogP contribution in [0.5, 0.6) is 0 Å². The van der Waals surface area contributed by atoms with Crippen molar-refractivity contribution < 1.29 is 23.9 Å². The third kappa shape index (κ3) is 3.62. The zero-order valence-corrected chi connectivity index (χ0v) is 15.9. The summed E-state index contributed by atoms with van der Waals surface area (Å²) in [6.45, 7) is 8.83. The van der Waals surface area contributed by atoms with Gasteiger partial charge < -0.3 is 9.47 Å². The van der Waals surface area contributed by atoms with Gasteiger partial charge in [0.2, 0.25) is 0 Å². The Kier molecular flexibility index (Phi) is 4.96. The van der Waals surface area contributed by atoms with E-state index in [0.717, 1.165) is 0 Å². The Bertz CT molecular complexity index is 524. The lowest BCUT2D eigenvalue weighted by atomic mass is 9.67. The largest absolute Gasteiger partial charge is 0.462 e. The number of ketones is 1. The minimum Gasteiger partial charge on any atom is -0.462 e. The molecule has 0 heterocycles. The van der Waals surface area contributed by atoms with E-state index in [9.17, 15) is 14.4 Å². The maximum absolute atomic E-state index is 12.3. The molecule has 5 atom stereocenters. The molecule has 5 nitrogen and oxygen atoms in total. The van der Waals surface area contributed by atoms with E-state index in [-0.39, 0.29) is 46.1 Å². The van der Waals surface area contributed by atoms with Crippen molar-refractivity contribution in [3.05, 3.63) is 0 Å². The van der Waals surface area contributed by atoms with E-state index in [2.05, 4.69) is 15.9 Å². The van der Waals surface area contributed by atoms with Crippen LogP contribution in [-0.4, -0.2) is 34.8 Å². The quantitative estimate of drug-likeness (QED) is 0.536. The number of hydrogen-bond acceptors (Lipinski definition) is 5. The maximum atomic E-state index is 12.3. The minimum absolute atomic E-state index is 0.106. The molecule has 6 heteroatoms. The summed E-state index contributed by atoms with van der Waals surface area (Å²) < 4.78 is 11.2. The lowest BCUT2D eigenvalue weighted by Gasteiger charge is -2.42. The number of hydrogen-bond donors (Lipinski definition) is 0. The molecule has 0 amide bonds. The molecule has 1 unspecified atom stereocenters. The topological polar surface area (TPSA) is 69.7 Å². The summed E-state index contributed by atoms with van der Waals surface area (Å²) >= 11 is 3.43. The summed E-state index contributed by atoms with van der Waals surface area (Å²) in [5, 5.41) is 0. The molecule has 2 fully saturated rings. The average Bonchev–Trinajstić information content (AvgIpc) is 2.62. The van der Waals surface area contributed by atoms with Gasteiger partial charge in [0.15, 0.2) is 0 Å². The lowest BCUT2D eigenvalue weighted by Crippen LogP contribution is -2.46.